The Bertz CT molecular complexity index is 394. The number of nitrogens with one attached hydrogen (secondary N) is 1. The lowest BCUT2D eigenvalue weighted by molar-refractivity contribution is 0.117. The number of nitrogens with zero attached hydrogens (tertiary/aromatic N) is 1. The number of ether oxygens (including phenoxy) is 1. The highest BCUT2D eigenvalue weighted by Crippen LogP contribution is 2.13. The van der Waals surface area contributed by atoms with E-state index in [-0.39, 0.29) is 0 Å². The van der Waals surface area contributed by atoms with E-state index in [4.69, 9.17) is 4.74 Å². The third-order valence-electron chi connectivity index (χ3n) is 3.91. The molecule has 0 amide bonds. The molecular formula is C16H26N2O. The van der Waals surface area contributed by atoms with E-state index < -0.39 is 0 Å². The molecule has 0 aliphatic carbocycles. The van der Waals surface area contributed by atoms with Gasteiger partial charge in [-0.3, -0.25) is 4.90 Å². The lowest BCUT2D eigenvalue weighted by atomic mass is 10.1. The summed E-state index contributed by atoms with van der Waals surface area (Å²) in [5, 5.41) is 3.58. The van der Waals surface area contributed by atoms with Gasteiger partial charge in [0.2, 0.25) is 0 Å². The first-order valence-electron chi connectivity index (χ1n) is 7.36. The molecule has 1 saturated heterocycles. The Labute approximate surface area is 116 Å². The molecule has 1 fully saturated rings. The topological polar surface area (TPSA) is 24.5 Å². The molecule has 2 unspecified atom stereocenters. The Morgan fingerprint density at radius 1 is 1.42 bits per heavy atom. The molecule has 1 N–H and O–H groups in total. The molecule has 3 nitrogen and oxygen atoms in total. The van der Waals surface area contributed by atoms with Crippen molar-refractivity contribution in [1.82, 2.24) is 10.2 Å². The van der Waals surface area contributed by atoms with Crippen LogP contribution in [0.5, 0.6) is 5.75 Å². The highest BCUT2D eigenvalue weighted by molar-refractivity contribution is 5.27. The summed E-state index contributed by atoms with van der Waals surface area (Å²) in [5.74, 6) is 0.981. The van der Waals surface area contributed by atoms with Crippen molar-refractivity contribution in [3.8, 4) is 5.75 Å². The number of hydrogen-bond donors (Lipinski definition) is 1. The number of rotatable bonds is 5. The second kappa shape index (κ2) is 6.92. The molecule has 0 spiro atoms. The second-order valence-corrected chi connectivity index (χ2v) is 5.52. The van der Waals surface area contributed by atoms with Crippen LogP contribution in [-0.2, 0) is 0 Å². The molecule has 3 heteroatoms. The monoisotopic (exact) mass is 262 g/mol. The van der Waals surface area contributed by atoms with Gasteiger partial charge in [-0.05, 0) is 38.0 Å². The van der Waals surface area contributed by atoms with Crippen LogP contribution in [-0.4, -0.2) is 43.2 Å². The number of aryl methyl sites for hydroxylation is 1. The lowest BCUT2D eigenvalue weighted by Gasteiger charge is -2.38. The fourth-order valence-electron chi connectivity index (χ4n) is 2.56. The van der Waals surface area contributed by atoms with Crippen LogP contribution in [0.1, 0.15) is 25.8 Å². The van der Waals surface area contributed by atoms with Gasteiger partial charge < -0.3 is 10.1 Å². The third kappa shape index (κ3) is 4.22. The minimum atomic E-state index is 0.601. The van der Waals surface area contributed by atoms with Gasteiger partial charge in [0, 0.05) is 31.7 Å². The van der Waals surface area contributed by atoms with E-state index in [9.17, 15) is 0 Å². The third-order valence-corrected chi connectivity index (χ3v) is 3.91. The van der Waals surface area contributed by atoms with Crippen molar-refractivity contribution in [2.75, 3.05) is 26.2 Å². The summed E-state index contributed by atoms with van der Waals surface area (Å²) in [6.07, 6.45) is 1.20. The van der Waals surface area contributed by atoms with Crippen LogP contribution in [0, 0.1) is 6.92 Å². The van der Waals surface area contributed by atoms with Gasteiger partial charge in [0.15, 0.2) is 0 Å². The molecule has 0 saturated carbocycles. The maximum atomic E-state index is 5.84. The van der Waals surface area contributed by atoms with E-state index in [1.165, 1.54) is 12.0 Å². The Hall–Kier alpha value is -1.06. The van der Waals surface area contributed by atoms with Gasteiger partial charge in [-0.25, -0.2) is 0 Å². The van der Waals surface area contributed by atoms with Crippen molar-refractivity contribution < 1.29 is 4.74 Å². The molecule has 19 heavy (non-hydrogen) atoms. The summed E-state index contributed by atoms with van der Waals surface area (Å²) in [6, 6.07) is 9.50. The summed E-state index contributed by atoms with van der Waals surface area (Å²) in [6.45, 7) is 10.6. The molecule has 1 aromatic carbocycles. The van der Waals surface area contributed by atoms with Crippen LogP contribution in [0.3, 0.4) is 0 Å². The van der Waals surface area contributed by atoms with E-state index in [2.05, 4.69) is 43.1 Å². The fourth-order valence-corrected chi connectivity index (χ4v) is 2.56. The van der Waals surface area contributed by atoms with Crippen LogP contribution >= 0.6 is 0 Å². The van der Waals surface area contributed by atoms with Crippen LogP contribution in [0.2, 0.25) is 0 Å². The predicted octanol–water partition coefficient (Wildman–Crippen LogP) is 2.45. The maximum absolute atomic E-state index is 5.84. The molecule has 1 heterocycles. The first-order valence-corrected chi connectivity index (χ1v) is 7.36. The molecule has 1 aromatic rings. The van der Waals surface area contributed by atoms with Crippen molar-refractivity contribution in [2.45, 2.75) is 39.3 Å². The minimum absolute atomic E-state index is 0.601. The Balaban J connectivity index is 1.78. The van der Waals surface area contributed by atoms with Gasteiger partial charge in [-0.15, -0.1) is 0 Å². The lowest BCUT2D eigenvalue weighted by Crippen LogP contribution is -2.55. The zero-order valence-electron chi connectivity index (χ0n) is 12.4. The summed E-state index contributed by atoms with van der Waals surface area (Å²) in [7, 11) is 0. The van der Waals surface area contributed by atoms with Gasteiger partial charge in [-0.1, -0.05) is 19.1 Å². The fraction of sp³-hybridized carbons (Fsp3) is 0.625. The highest BCUT2D eigenvalue weighted by Gasteiger charge is 2.23. The number of benzene rings is 1. The van der Waals surface area contributed by atoms with Crippen LogP contribution < -0.4 is 10.1 Å². The van der Waals surface area contributed by atoms with Gasteiger partial charge >= 0.3 is 0 Å². The molecule has 0 bridgehead atoms. The molecule has 2 rings (SSSR count). The molecule has 1 aliphatic rings. The average molecular weight is 262 g/mol. The summed E-state index contributed by atoms with van der Waals surface area (Å²) in [5.41, 5.74) is 1.25. The Morgan fingerprint density at radius 3 is 3.00 bits per heavy atom. The summed E-state index contributed by atoms with van der Waals surface area (Å²) < 4.78 is 5.84. The van der Waals surface area contributed by atoms with Crippen molar-refractivity contribution in [1.29, 1.82) is 0 Å². The standard InChI is InChI=1S/C16H26N2O/c1-4-15-12-18(14(3)11-17-15)8-9-19-16-7-5-6-13(2)10-16/h5-7,10,14-15,17H,4,8-9,11-12H2,1-3H3. The smallest absolute Gasteiger partial charge is 0.119 e. The van der Waals surface area contributed by atoms with Gasteiger partial charge in [0.05, 0.1) is 0 Å². The van der Waals surface area contributed by atoms with Crippen molar-refractivity contribution in [3.63, 3.8) is 0 Å². The molecular weight excluding hydrogens is 236 g/mol. The van der Waals surface area contributed by atoms with E-state index in [1.54, 1.807) is 0 Å². The largest absolute Gasteiger partial charge is 0.492 e. The zero-order chi connectivity index (χ0) is 13.7. The molecule has 0 aromatic heterocycles. The van der Waals surface area contributed by atoms with Crippen LogP contribution in [0.15, 0.2) is 24.3 Å². The zero-order valence-corrected chi connectivity index (χ0v) is 12.4. The molecule has 106 valence electrons. The predicted molar refractivity (Wildman–Crippen MR) is 79.8 cm³/mol. The first-order chi connectivity index (χ1) is 9.19. The average Bonchev–Trinajstić information content (AvgIpc) is 2.41. The van der Waals surface area contributed by atoms with E-state index in [0.717, 1.165) is 32.0 Å². The van der Waals surface area contributed by atoms with Gasteiger partial charge in [0.25, 0.3) is 0 Å². The number of hydrogen-bond acceptors (Lipinski definition) is 3. The van der Waals surface area contributed by atoms with E-state index >= 15 is 0 Å². The van der Waals surface area contributed by atoms with E-state index in [1.807, 2.05) is 12.1 Å². The Morgan fingerprint density at radius 2 is 2.26 bits per heavy atom. The normalized spacial score (nSPS) is 24.4. The van der Waals surface area contributed by atoms with Crippen molar-refractivity contribution in [3.05, 3.63) is 29.8 Å². The van der Waals surface area contributed by atoms with Gasteiger partial charge in [-0.2, -0.15) is 0 Å². The van der Waals surface area contributed by atoms with Crippen molar-refractivity contribution >= 4 is 0 Å². The van der Waals surface area contributed by atoms with Crippen molar-refractivity contribution in [2.24, 2.45) is 0 Å². The maximum Gasteiger partial charge on any atom is 0.119 e. The highest BCUT2D eigenvalue weighted by atomic mass is 16.5. The molecule has 1 aliphatic heterocycles. The second-order valence-electron chi connectivity index (χ2n) is 5.52. The Kier molecular flexibility index (Phi) is 5.23. The van der Waals surface area contributed by atoms with E-state index in [0.29, 0.717) is 12.1 Å². The SMILES string of the molecule is CCC1CN(CCOc2cccc(C)c2)C(C)CN1. The first kappa shape index (κ1) is 14.4. The molecule has 2 atom stereocenters. The van der Waals surface area contributed by atoms with Crippen LogP contribution in [0.25, 0.3) is 0 Å². The quantitative estimate of drug-likeness (QED) is 0.882. The molecule has 0 radical (unpaired) electrons. The minimum Gasteiger partial charge on any atom is -0.492 e. The summed E-state index contributed by atoms with van der Waals surface area (Å²) >= 11 is 0. The van der Waals surface area contributed by atoms with Gasteiger partial charge in [0.1, 0.15) is 12.4 Å². The summed E-state index contributed by atoms with van der Waals surface area (Å²) in [4.78, 5) is 2.53. The van der Waals surface area contributed by atoms with Crippen LogP contribution in [0.4, 0.5) is 0 Å². The number of piperazine rings is 1.